The van der Waals surface area contributed by atoms with E-state index in [0.29, 0.717) is 47.8 Å². The van der Waals surface area contributed by atoms with Crippen molar-refractivity contribution in [2.75, 3.05) is 38.2 Å². The first-order valence-corrected chi connectivity index (χ1v) is 11.7. The van der Waals surface area contributed by atoms with E-state index in [-0.39, 0.29) is 6.61 Å². The quantitative estimate of drug-likeness (QED) is 0.268. The molecule has 0 bridgehead atoms. The van der Waals surface area contributed by atoms with Crippen LogP contribution >= 0.6 is 11.3 Å². The third-order valence-corrected chi connectivity index (χ3v) is 5.23. The summed E-state index contributed by atoms with van der Waals surface area (Å²) in [6.07, 6.45) is 4.37. The Morgan fingerprint density at radius 3 is 2.67 bits per heavy atom. The number of anilines is 1. The number of benzene rings is 1. The summed E-state index contributed by atoms with van der Waals surface area (Å²) in [5, 5.41) is 16.6. The van der Waals surface area contributed by atoms with Crippen LogP contribution < -0.4 is 25.8 Å². The van der Waals surface area contributed by atoms with Crippen LogP contribution in [0.5, 0.6) is 10.9 Å². The van der Waals surface area contributed by atoms with Gasteiger partial charge in [0, 0.05) is 18.7 Å². The van der Waals surface area contributed by atoms with Gasteiger partial charge in [-0.05, 0) is 30.7 Å². The summed E-state index contributed by atoms with van der Waals surface area (Å²) in [4.78, 5) is 26.9. The average Bonchev–Trinajstić information content (AvgIpc) is 3.24. The molecule has 5 N–H and O–H groups in total. The number of hydrogen-bond acceptors (Lipinski definition) is 9. The molecule has 0 aliphatic heterocycles. The molecular formula is C22H32N4O6S. The van der Waals surface area contributed by atoms with Crippen LogP contribution in [0.2, 0.25) is 0 Å². The van der Waals surface area contributed by atoms with E-state index >= 15 is 0 Å². The van der Waals surface area contributed by atoms with Gasteiger partial charge >= 0.3 is 6.09 Å². The van der Waals surface area contributed by atoms with Gasteiger partial charge in [0.15, 0.2) is 0 Å². The molecule has 11 heteroatoms. The number of aliphatic hydroxyl groups excluding tert-OH is 1. The van der Waals surface area contributed by atoms with E-state index in [4.69, 9.17) is 19.9 Å². The molecule has 2 amide bonds. The standard InChI is InChI=1S/C22H32N4O6S/c1-2-3-4-5-11-31-21(29)26-19-14-25-22(33-19)32-15-17(27)13-24-10-12-30-18-8-6-16(7-9-18)20(23)28/h6-9,14,17,24,27H,2-5,10-13,15H2,1H3,(H2,23,28)(H,26,29). The van der Waals surface area contributed by atoms with Crippen molar-refractivity contribution in [3.63, 3.8) is 0 Å². The number of primary amides is 1. The summed E-state index contributed by atoms with van der Waals surface area (Å²) >= 11 is 1.16. The number of nitrogens with two attached hydrogens (primary N) is 1. The molecule has 1 aromatic carbocycles. The number of aliphatic hydroxyl groups is 1. The number of amides is 2. The van der Waals surface area contributed by atoms with Crippen LogP contribution in [0.4, 0.5) is 9.80 Å². The van der Waals surface area contributed by atoms with Crippen molar-refractivity contribution in [2.24, 2.45) is 5.73 Å². The fourth-order valence-electron chi connectivity index (χ4n) is 2.66. The number of thiazole rings is 1. The number of nitrogens with zero attached hydrogens (tertiary/aromatic N) is 1. The number of aromatic nitrogens is 1. The van der Waals surface area contributed by atoms with Crippen molar-refractivity contribution in [2.45, 2.75) is 38.7 Å². The molecule has 2 rings (SSSR count). The van der Waals surface area contributed by atoms with Crippen molar-refractivity contribution >= 4 is 28.3 Å². The molecule has 0 aliphatic carbocycles. The van der Waals surface area contributed by atoms with E-state index in [0.717, 1.165) is 37.0 Å². The number of rotatable bonds is 16. The van der Waals surface area contributed by atoms with Gasteiger partial charge < -0.3 is 30.4 Å². The number of nitrogens with one attached hydrogen (secondary N) is 2. The van der Waals surface area contributed by atoms with Gasteiger partial charge in [-0.3, -0.25) is 10.1 Å². The summed E-state index contributed by atoms with van der Waals surface area (Å²) in [5.41, 5.74) is 5.61. The predicted molar refractivity (Wildman–Crippen MR) is 126 cm³/mol. The van der Waals surface area contributed by atoms with Gasteiger partial charge in [0.2, 0.25) is 5.91 Å². The molecule has 2 aromatic rings. The number of carbonyl (C=O) groups excluding carboxylic acids is 2. The molecule has 33 heavy (non-hydrogen) atoms. The molecule has 0 saturated heterocycles. The first-order chi connectivity index (χ1) is 16.0. The van der Waals surface area contributed by atoms with E-state index in [1.807, 2.05) is 0 Å². The maximum atomic E-state index is 11.8. The molecule has 0 aliphatic rings. The zero-order chi connectivity index (χ0) is 23.9. The third-order valence-electron chi connectivity index (χ3n) is 4.41. The van der Waals surface area contributed by atoms with E-state index in [9.17, 15) is 14.7 Å². The first kappa shape index (κ1) is 26.4. The highest BCUT2D eigenvalue weighted by Gasteiger charge is 2.10. The van der Waals surface area contributed by atoms with Gasteiger partial charge in [-0.15, -0.1) is 0 Å². The van der Waals surface area contributed by atoms with Crippen molar-refractivity contribution in [3.05, 3.63) is 36.0 Å². The van der Waals surface area contributed by atoms with Crippen LogP contribution in [0.25, 0.3) is 0 Å². The van der Waals surface area contributed by atoms with E-state index in [1.165, 1.54) is 6.20 Å². The minimum absolute atomic E-state index is 0.0528. The second-order valence-electron chi connectivity index (χ2n) is 7.22. The topological polar surface area (TPSA) is 145 Å². The van der Waals surface area contributed by atoms with E-state index in [2.05, 4.69) is 22.5 Å². The van der Waals surface area contributed by atoms with Gasteiger partial charge in [0.1, 0.15) is 30.1 Å². The zero-order valence-electron chi connectivity index (χ0n) is 18.7. The molecule has 1 aromatic heterocycles. The second-order valence-corrected chi connectivity index (χ2v) is 8.21. The largest absolute Gasteiger partial charge is 0.492 e. The fourth-order valence-corrected chi connectivity index (χ4v) is 3.32. The molecule has 182 valence electrons. The van der Waals surface area contributed by atoms with Crippen molar-refractivity contribution in [1.29, 1.82) is 0 Å². The first-order valence-electron chi connectivity index (χ1n) is 10.9. The van der Waals surface area contributed by atoms with Crippen molar-refractivity contribution < 1.29 is 28.9 Å². The average molecular weight is 481 g/mol. The Kier molecular flexibility index (Phi) is 12.0. The highest BCUT2D eigenvalue weighted by atomic mass is 32.1. The second kappa shape index (κ2) is 15.0. The maximum Gasteiger partial charge on any atom is 0.412 e. The van der Waals surface area contributed by atoms with Crippen LogP contribution in [0.3, 0.4) is 0 Å². The number of unbranched alkanes of at least 4 members (excludes halogenated alkanes) is 3. The lowest BCUT2D eigenvalue weighted by Gasteiger charge is -2.12. The van der Waals surface area contributed by atoms with Crippen LogP contribution in [-0.2, 0) is 4.74 Å². The normalized spacial score (nSPS) is 11.6. The van der Waals surface area contributed by atoms with Gasteiger partial charge in [0.05, 0.1) is 12.8 Å². The Bertz CT molecular complexity index is 846. The molecule has 1 heterocycles. The number of ether oxygens (including phenoxy) is 3. The van der Waals surface area contributed by atoms with Crippen LogP contribution in [-0.4, -0.2) is 61.1 Å². The molecule has 0 radical (unpaired) electrons. The van der Waals surface area contributed by atoms with Gasteiger partial charge in [0.25, 0.3) is 5.19 Å². The monoisotopic (exact) mass is 480 g/mol. The predicted octanol–water partition coefficient (Wildman–Crippen LogP) is 2.78. The van der Waals surface area contributed by atoms with Crippen LogP contribution in [0.15, 0.2) is 30.5 Å². The number of hydrogen-bond donors (Lipinski definition) is 4. The van der Waals surface area contributed by atoms with Crippen molar-refractivity contribution in [3.8, 4) is 10.9 Å². The smallest absolute Gasteiger partial charge is 0.412 e. The highest BCUT2D eigenvalue weighted by molar-refractivity contribution is 7.17. The van der Waals surface area contributed by atoms with E-state index in [1.54, 1.807) is 24.3 Å². The van der Waals surface area contributed by atoms with Gasteiger partial charge in [-0.1, -0.05) is 37.5 Å². The van der Waals surface area contributed by atoms with Gasteiger partial charge in [-0.25, -0.2) is 9.78 Å². The summed E-state index contributed by atoms with van der Waals surface area (Å²) in [7, 11) is 0. The van der Waals surface area contributed by atoms with Crippen molar-refractivity contribution in [1.82, 2.24) is 10.3 Å². The lowest BCUT2D eigenvalue weighted by molar-refractivity contribution is 0.1000. The zero-order valence-corrected chi connectivity index (χ0v) is 19.6. The Balaban J connectivity index is 1.54. The van der Waals surface area contributed by atoms with Crippen LogP contribution in [0.1, 0.15) is 43.0 Å². The summed E-state index contributed by atoms with van der Waals surface area (Å²) in [6.45, 7) is 3.78. The van der Waals surface area contributed by atoms with E-state index < -0.39 is 18.1 Å². The lowest BCUT2D eigenvalue weighted by Crippen LogP contribution is -2.33. The van der Waals surface area contributed by atoms with Crippen LogP contribution in [0, 0.1) is 0 Å². The molecular weight excluding hydrogens is 448 g/mol. The summed E-state index contributed by atoms with van der Waals surface area (Å²) in [6, 6.07) is 6.55. The highest BCUT2D eigenvalue weighted by Crippen LogP contribution is 2.25. The lowest BCUT2D eigenvalue weighted by atomic mass is 10.2. The SMILES string of the molecule is CCCCCCOC(=O)Nc1cnc(OCC(O)CNCCOc2ccc(C(N)=O)cc2)s1. The molecule has 0 spiro atoms. The Morgan fingerprint density at radius 2 is 1.94 bits per heavy atom. The minimum atomic E-state index is -0.742. The molecule has 0 fully saturated rings. The number of carbonyl (C=O) groups is 2. The molecule has 0 saturated carbocycles. The minimum Gasteiger partial charge on any atom is -0.492 e. The molecule has 1 atom stereocenters. The maximum absolute atomic E-state index is 11.8. The Labute approximate surface area is 197 Å². The van der Waals surface area contributed by atoms with Gasteiger partial charge in [-0.2, -0.15) is 0 Å². The Morgan fingerprint density at radius 1 is 1.15 bits per heavy atom. The Hall–Kier alpha value is -2.89. The third kappa shape index (κ3) is 11.0. The molecule has 10 nitrogen and oxygen atoms in total. The molecule has 1 unspecified atom stereocenters. The summed E-state index contributed by atoms with van der Waals surface area (Å²) < 4.78 is 16.1. The summed E-state index contributed by atoms with van der Waals surface area (Å²) in [5.74, 6) is 0.138. The fraction of sp³-hybridized carbons (Fsp3) is 0.500.